The van der Waals surface area contributed by atoms with Crippen molar-refractivity contribution in [1.29, 1.82) is 0 Å². The maximum atomic E-state index is 6.01. The van der Waals surface area contributed by atoms with Gasteiger partial charge in [0, 0.05) is 11.8 Å². The molecule has 0 amide bonds. The smallest absolute Gasteiger partial charge is 0.161 e. The van der Waals surface area contributed by atoms with E-state index in [0.717, 1.165) is 5.56 Å². The van der Waals surface area contributed by atoms with Crippen molar-refractivity contribution in [2.75, 3.05) is 12.8 Å². The van der Waals surface area contributed by atoms with E-state index in [0.29, 0.717) is 22.4 Å². The molecule has 16 heavy (non-hydrogen) atoms. The van der Waals surface area contributed by atoms with Crippen molar-refractivity contribution < 1.29 is 4.74 Å². The second-order valence-electron chi connectivity index (χ2n) is 3.15. The molecule has 0 aliphatic heterocycles. The molecule has 0 bridgehead atoms. The monoisotopic (exact) mass is 235 g/mol. The van der Waals surface area contributed by atoms with Crippen LogP contribution in [0.1, 0.15) is 0 Å². The molecular formula is C11H10ClN3O. The SMILES string of the molecule is COc1ccc(-c2nccc(N)n2)cc1Cl. The lowest BCUT2D eigenvalue weighted by atomic mass is 10.2. The molecule has 0 spiro atoms. The molecule has 0 aliphatic carbocycles. The predicted molar refractivity (Wildman–Crippen MR) is 63.4 cm³/mol. The predicted octanol–water partition coefficient (Wildman–Crippen LogP) is 2.39. The van der Waals surface area contributed by atoms with Gasteiger partial charge in [0.25, 0.3) is 0 Å². The van der Waals surface area contributed by atoms with Crippen LogP contribution in [-0.2, 0) is 0 Å². The van der Waals surface area contributed by atoms with Gasteiger partial charge in [-0.05, 0) is 24.3 Å². The summed E-state index contributed by atoms with van der Waals surface area (Å²) in [5, 5.41) is 0.519. The van der Waals surface area contributed by atoms with Crippen molar-refractivity contribution in [2.24, 2.45) is 0 Å². The van der Waals surface area contributed by atoms with Crippen LogP contribution in [0.15, 0.2) is 30.5 Å². The van der Waals surface area contributed by atoms with Gasteiger partial charge in [0.15, 0.2) is 5.82 Å². The highest BCUT2D eigenvalue weighted by molar-refractivity contribution is 6.32. The summed E-state index contributed by atoms with van der Waals surface area (Å²) >= 11 is 6.01. The Bertz CT molecular complexity index is 516. The molecule has 1 aromatic heterocycles. The minimum atomic E-state index is 0.428. The molecule has 0 saturated heterocycles. The number of anilines is 1. The molecule has 82 valence electrons. The number of aromatic nitrogens is 2. The lowest BCUT2D eigenvalue weighted by Gasteiger charge is -2.05. The highest BCUT2D eigenvalue weighted by Crippen LogP contribution is 2.28. The molecule has 0 radical (unpaired) electrons. The Morgan fingerprint density at radius 1 is 1.31 bits per heavy atom. The number of rotatable bonds is 2. The van der Waals surface area contributed by atoms with Gasteiger partial charge < -0.3 is 10.5 Å². The molecule has 0 saturated carbocycles. The van der Waals surface area contributed by atoms with E-state index in [1.165, 1.54) is 0 Å². The summed E-state index contributed by atoms with van der Waals surface area (Å²) in [6, 6.07) is 6.98. The fourth-order valence-corrected chi connectivity index (χ4v) is 1.57. The van der Waals surface area contributed by atoms with E-state index in [9.17, 15) is 0 Å². The molecule has 5 heteroatoms. The Labute approximate surface area is 98.0 Å². The van der Waals surface area contributed by atoms with Crippen LogP contribution in [0.3, 0.4) is 0 Å². The number of hydrogen-bond acceptors (Lipinski definition) is 4. The van der Waals surface area contributed by atoms with Crippen LogP contribution in [0, 0.1) is 0 Å². The molecule has 2 rings (SSSR count). The molecule has 0 aliphatic rings. The second-order valence-corrected chi connectivity index (χ2v) is 3.56. The van der Waals surface area contributed by atoms with Crippen molar-refractivity contribution in [3.05, 3.63) is 35.5 Å². The highest BCUT2D eigenvalue weighted by Gasteiger charge is 2.05. The minimum Gasteiger partial charge on any atom is -0.495 e. The first-order chi connectivity index (χ1) is 7.70. The number of benzene rings is 1. The van der Waals surface area contributed by atoms with E-state index >= 15 is 0 Å². The first kappa shape index (κ1) is 10.7. The standard InChI is InChI=1S/C11H10ClN3O/c1-16-9-3-2-7(6-8(9)12)11-14-5-4-10(13)15-11/h2-6H,1H3,(H2,13,14,15). The van der Waals surface area contributed by atoms with Gasteiger partial charge in [-0.2, -0.15) is 0 Å². The van der Waals surface area contributed by atoms with E-state index in [2.05, 4.69) is 9.97 Å². The Morgan fingerprint density at radius 2 is 2.12 bits per heavy atom. The summed E-state index contributed by atoms with van der Waals surface area (Å²) < 4.78 is 5.06. The van der Waals surface area contributed by atoms with Crippen molar-refractivity contribution in [3.8, 4) is 17.1 Å². The highest BCUT2D eigenvalue weighted by atomic mass is 35.5. The van der Waals surface area contributed by atoms with Crippen LogP contribution in [0.2, 0.25) is 5.02 Å². The second kappa shape index (κ2) is 4.37. The van der Waals surface area contributed by atoms with E-state index < -0.39 is 0 Å². The summed E-state index contributed by atoms with van der Waals surface area (Å²) in [7, 11) is 1.57. The fourth-order valence-electron chi connectivity index (χ4n) is 1.32. The van der Waals surface area contributed by atoms with Crippen molar-refractivity contribution in [3.63, 3.8) is 0 Å². The third-order valence-corrected chi connectivity index (χ3v) is 2.38. The van der Waals surface area contributed by atoms with Crippen LogP contribution in [-0.4, -0.2) is 17.1 Å². The zero-order chi connectivity index (χ0) is 11.5. The summed E-state index contributed by atoms with van der Waals surface area (Å²) in [6.07, 6.45) is 1.61. The number of nitrogens with two attached hydrogens (primary N) is 1. The number of nitrogen functional groups attached to an aromatic ring is 1. The number of hydrogen-bond donors (Lipinski definition) is 1. The third-order valence-electron chi connectivity index (χ3n) is 2.09. The zero-order valence-corrected chi connectivity index (χ0v) is 9.40. The summed E-state index contributed by atoms with van der Waals surface area (Å²) in [5.74, 6) is 1.59. The van der Waals surface area contributed by atoms with E-state index in [4.69, 9.17) is 22.1 Å². The molecule has 0 atom stereocenters. The van der Waals surface area contributed by atoms with E-state index in [-0.39, 0.29) is 0 Å². The maximum Gasteiger partial charge on any atom is 0.161 e. The first-order valence-corrected chi connectivity index (χ1v) is 5.01. The molecule has 0 unspecified atom stereocenters. The summed E-state index contributed by atoms with van der Waals surface area (Å²) in [5.41, 5.74) is 6.39. The quantitative estimate of drug-likeness (QED) is 0.868. The number of nitrogens with zero attached hydrogens (tertiary/aromatic N) is 2. The maximum absolute atomic E-state index is 6.01. The molecule has 1 aromatic carbocycles. The van der Waals surface area contributed by atoms with Crippen LogP contribution in [0.4, 0.5) is 5.82 Å². The molecule has 0 fully saturated rings. The summed E-state index contributed by atoms with van der Waals surface area (Å²) in [4.78, 5) is 8.22. The van der Waals surface area contributed by atoms with Gasteiger partial charge >= 0.3 is 0 Å². The number of methoxy groups -OCH3 is 1. The molecule has 2 aromatic rings. The first-order valence-electron chi connectivity index (χ1n) is 4.63. The zero-order valence-electron chi connectivity index (χ0n) is 8.64. The fraction of sp³-hybridized carbons (Fsp3) is 0.0909. The van der Waals surface area contributed by atoms with Gasteiger partial charge in [0.05, 0.1) is 12.1 Å². The van der Waals surface area contributed by atoms with Crippen molar-refractivity contribution in [2.45, 2.75) is 0 Å². The molecule has 4 nitrogen and oxygen atoms in total. The molecule has 1 heterocycles. The van der Waals surface area contributed by atoms with Crippen LogP contribution in [0.25, 0.3) is 11.4 Å². The Balaban J connectivity index is 2.45. The minimum absolute atomic E-state index is 0.428. The largest absolute Gasteiger partial charge is 0.495 e. The average Bonchev–Trinajstić information content (AvgIpc) is 2.29. The van der Waals surface area contributed by atoms with Crippen LogP contribution >= 0.6 is 11.6 Å². The van der Waals surface area contributed by atoms with Crippen LogP contribution in [0.5, 0.6) is 5.75 Å². The number of halogens is 1. The van der Waals surface area contributed by atoms with E-state index in [1.807, 2.05) is 6.07 Å². The van der Waals surface area contributed by atoms with Gasteiger partial charge in [0.2, 0.25) is 0 Å². The summed E-state index contributed by atoms with van der Waals surface area (Å²) in [6.45, 7) is 0. The topological polar surface area (TPSA) is 61.0 Å². The Morgan fingerprint density at radius 3 is 2.75 bits per heavy atom. The van der Waals surface area contributed by atoms with Crippen molar-refractivity contribution >= 4 is 17.4 Å². The lowest BCUT2D eigenvalue weighted by Crippen LogP contribution is -1.94. The van der Waals surface area contributed by atoms with E-state index in [1.54, 1.807) is 31.5 Å². The normalized spacial score (nSPS) is 10.1. The third kappa shape index (κ3) is 2.06. The average molecular weight is 236 g/mol. The lowest BCUT2D eigenvalue weighted by molar-refractivity contribution is 0.415. The van der Waals surface area contributed by atoms with Gasteiger partial charge in [-0.25, -0.2) is 9.97 Å². The molecular weight excluding hydrogens is 226 g/mol. The van der Waals surface area contributed by atoms with Gasteiger partial charge in [-0.1, -0.05) is 11.6 Å². The number of ether oxygens (including phenoxy) is 1. The van der Waals surface area contributed by atoms with Crippen LogP contribution < -0.4 is 10.5 Å². The Hall–Kier alpha value is -1.81. The molecule has 2 N–H and O–H groups in total. The van der Waals surface area contributed by atoms with Gasteiger partial charge in [0.1, 0.15) is 11.6 Å². The van der Waals surface area contributed by atoms with Gasteiger partial charge in [-0.3, -0.25) is 0 Å². The van der Waals surface area contributed by atoms with Crippen molar-refractivity contribution in [1.82, 2.24) is 9.97 Å². The van der Waals surface area contributed by atoms with Gasteiger partial charge in [-0.15, -0.1) is 0 Å². The Kier molecular flexibility index (Phi) is 2.92.